The van der Waals surface area contributed by atoms with Gasteiger partial charge in [-0.15, -0.1) is 0 Å². The summed E-state index contributed by atoms with van der Waals surface area (Å²) in [6.07, 6.45) is 1.43. The summed E-state index contributed by atoms with van der Waals surface area (Å²) in [5, 5.41) is 13.5. The van der Waals surface area contributed by atoms with Crippen LogP contribution in [-0.4, -0.2) is 23.1 Å². The molecule has 74 valence electrons. The van der Waals surface area contributed by atoms with Crippen LogP contribution >= 0.6 is 0 Å². The number of hydrogen-bond acceptors (Lipinski definition) is 3. The zero-order valence-corrected chi connectivity index (χ0v) is 7.06. The van der Waals surface area contributed by atoms with Crippen LogP contribution in [0.3, 0.4) is 0 Å². The van der Waals surface area contributed by atoms with E-state index in [9.17, 15) is 9.59 Å². The number of carbonyl (C=O) groups is 2. The monoisotopic (exact) mass is 196 g/mol. The second kappa shape index (κ2) is 3.06. The van der Waals surface area contributed by atoms with E-state index in [4.69, 9.17) is 9.52 Å². The third kappa shape index (κ3) is 1.30. The topological polar surface area (TPSA) is 91.6 Å². The van der Waals surface area contributed by atoms with Crippen molar-refractivity contribution in [2.45, 2.75) is 12.1 Å². The molecule has 2 heterocycles. The highest BCUT2D eigenvalue weighted by Crippen LogP contribution is 2.21. The normalized spacial score (nSPS) is 25.6. The van der Waals surface area contributed by atoms with Crippen LogP contribution in [0.15, 0.2) is 22.8 Å². The molecule has 0 aromatic carbocycles. The molecular weight excluding hydrogens is 188 g/mol. The Morgan fingerprint density at radius 3 is 2.86 bits per heavy atom. The molecule has 0 bridgehead atoms. The van der Waals surface area contributed by atoms with Crippen LogP contribution in [0, 0.1) is 0 Å². The lowest BCUT2D eigenvalue weighted by molar-refractivity contribution is -0.139. The van der Waals surface area contributed by atoms with E-state index < -0.39 is 24.1 Å². The maximum Gasteiger partial charge on any atom is 0.328 e. The molecule has 6 heteroatoms. The number of carboxylic acid groups (broad SMARTS) is 1. The van der Waals surface area contributed by atoms with Gasteiger partial charge in [0.1, 0.15) is 11.8 Å². The van der Waals surface area contributed by atoms with Crippen LogP contribution in [0.2, 0.25) is 0 Å². The summed E-state index contributed by atoms with van der Waals surface area (Å²) in [6.45, 7) is 0. The van der Waals surface area contributed by atoms with Crippen molar-refractivity contribution in [3.63, 3.8) is 0 Å². The molecule has 2 amide bonds. The van der Waals surface area contributed by atoms with Crippen LogP contribution in [0.25, 0.3) is 0 Å². The van der Waals surface area contributed by atoms with Gasteiger partial charge in [0.2, 0.25) is 0 Å². The van der Waals surface area contributed by atoms with Crippen molar-refractivity contribution < 1.29 is 19.1 Å². The molecule has 0 spiro atoms. The Labute approximate surface area is 78.9 Å². The van der Waals surface area contributed by atoms with Crippen LogP contribution in [-0.2, 0) is 4.79 Å². The summed E-state index contributed by atoms with van der Waals surface area (Å²) >= 11 is 0. The summed E-state index contributed by atoms with van der Waals surface area (Å²) in [6, 6.07) is 1.13. The number of carboxylic acids is 1. The van der Waals surface area contributed by atoms with Crippen molar-refractivity contribution in [1.29, 1.82) is 0 Å². The molecule has 1 aromatic rings. The largest absolute Gasteiger partial charge is 0.480 e. The Balaban J connectivity index is 2.26. The molecule has 1 aromatic heterocycles. The number of furan rings is 1. The minimum Gasteiger partial charge on any atom is -0.480 e. The lowest BCUT2D eigenvalue weighted by atomic mass is 10.1. The number of amides is 2. The molecule has 1 aliphatic rings. The molecule has 1 fully saturated rings. The quantitative estimate of drug-likeness (QED) is 0.624. The first kappa shape index (κ1) is 8.61. The molecule has 1 saturated heterocycles. The average Bonchev–Trinajstić information content (AvgIpc) is 2.70. The number of carbonyl (C=O) groups excluding carboxylic acids is 1. The molecule has 2 atom stereocenters. The van der Waals surface area contributed by atoms with E-state index >= 15 is 0 Å². The molecule has 6 nitrogen and oxygen atoms in total. The molecule has 2 unspecified atom stereocenters. The third-order valence-corrected chi connectivity index (χ3v) is 2.02. The smallest absolute Gasteiger partial charge is 0.328 e. The molecule has 1 aliphatic heterocycles. The van der Waals surface area contributed by atoms with Gasteiger partial charge in [0.05, 0.1) is 6.26 Å². The van der Waals surface area contributed by atoms with Crippen LogP contribution < -0.4 is 10.6 Å². The fourth-order valence-electron chi connectivity index (χ4n) is 1.40. The Hall–Kier alpha value is -1.98. The highest BCUT2D eigenvalue weighted by atomic mass is 16.4. The van der Waals surface area contributed by atoms with Gasteiger partial charge in [-0.3, -0.25) is 0 Å². The van der Waals surface area contributed by atoms with Gasteiger partial charge < -0.3 is 20.2 Å². The fraction of sp³-hybridized carbons (Fsp3) is 0.250. The Morgan fingerprint density at radius 2 is 2.29 bits per heavy atom. The highest BCUT2D eigenvalue weighted by molar-refractivity contribution is 5.87. The zero-order chi connectivity index (χ0) is 10.1. The van der Waals surface area contributed by atoms with E-state index in [1.807, 2.05) is 0 Å². The van der Waals surface area contributed by atoms with Crippen molar-refractivity contribution in [2.75, 3.05) is 0 Å². The van der Waals surface area contributed by atoms with Crippen LogP contribution in [0.4, 0.5) is 4.79 Å². The minimum atomic E-state index is -1.09. The summed E-state index contributed by atoms with van der Waals surface area (Å²) in [5.41, 5.74) is 0. The first-order valence-corrected chi connectivity index (χ1v) is 4.02. The van der Waals surface area contributed by atoms with Crippen LogP contribution in [0.5, 0.6) is 0 Å². The summed E-state index contributed by atoms with van der Waals surface area (Å²) in [4.78, 5) is 21.7. The Morgan fingerprint density at radius 1 is 1.50 bits per heavy atom. The van der Waals surface area contributed by atoms with Gasteiger partial charge in [-0.2, -0.15) is 0 Å². The predicted octanol–water partition coefficient (Wildman–Crippen LogP) is 0.0867. The summed E-state index contributed by atoms with van der Waals surface area (Å²) in [5.74, 6) is -0.666. The summed E-state index contributed by atoms with van der Waals surface area (Å²) in [7, 11) is 0. The van der Waals surface area contributed by atoms with E-state index in [0.717, 1.165) is 0 Å². The first-order chi connectivity index (χ1) is 6.68. The van der Waals surface area contributed by atoms with Crippen molar-refractivity contribution in [3.05, 3.63) is 24.2 Å². The molecule has 3 N–H and O–H groups in total. The molecular formula is C8H8N2O4. The van der Waals surface area contributed by atoms with Crippen molar-refractivity contribution >= 4 is 12.0 Å². The van der Waals surface area contributed by atoms with Gasteiger partial charge >= 0.3 is 12.0 Å². The van der Waals surface area contributed by atoms with Crippen molar-refractivity contribution in [1.82, 2.24) is 10.6 Å². The SMILES string of the molecule is O=C1NC(C(=O)O)C(c2ccco2)N1. The van der Waals surface area contributed by atoms with E-state index in [1.165, 1.54) is 6.26 Å². The van der Waals surface area contributed by atoms with Gasteiger partial charge in [-0.25, -0.2) is 9.59 Å². The van der Waals surface area contributed by atoms with Gasteiger partial charge in [-0.05, 0) is 12.1 Å². The van der Waals surface area contributed by atoms with Crippen molar-refractivity contribution in [3.8, 4) is 0 Å². The van der Waals surface area contributed by atoms with Gasteiger partial charge in [-0.1, -0.05) is 0 Å². The van der Waals surface area contributed by atoms with E-state index in [0.29, 0.717) is 5.76 Å². The van der Waals surface area contributed by atoms with E-state index in [2.05, 4.69) is 10.6 Å². The standard InChI is InChI=1S/C8H8N2O4/c11-7(12)6-5(9-8(13)10-6)4-2-1-3-14-4/h1-3,5-6H,(H,11,12)(H2,9,10,13). The average molecular weight is 196 g/mol. The van der Waals surface area contributed by atoms with E-state index in [1.54, 1.807) is 12.1 Å². The Kier molecular flexibility index (Phi) is 1.88. The molecule has 2 rings (SSSR count). The number of hydrogen-bond donors (Lipinski definition) is 3. The van der Waals surface area contributed by atoms with E-state index in [-0.39, 0.29) is 0 Å². The lowest BCUT2D eigenvalue weighted by Gasteiger charge is -2.10. The first-order valence-electron chi connectivity index (χ1n) is 4.02. The predicted molar refractivity (Wildman–Crippen MR) is 44.5 cm³/mol. The van der Waals surface area contributed by atoms with Gasteiger partial charge in [0, 0.05) is 0 Å². The molecule has 0 radical (unpaired) electrons. The number of nitrogens with one attached hydrogen (secondary N) is 2. The maximum absolute atomic E-state index is 10.9. The summed E-state index contributed by atoms with van der Waals surface area (Å²) < 4.78 is 5.03. The van der Waals surface area contributed by atoms with Crippen LogP contribution in [0.1, 0.15) is 11.8 Å². The van der Waals surface area contributed by atoms with Gasteiger partial charge in [0.15, 0.2) is 6.04 Å². The molecule has 0 saturated carbocycles. The molecule has 14 heavy (non-hydrogen) atoms. The second-order valence-electron chi connectivity index (χ2n) is 2.93. The highest BCUT2D eigenvalue weighted by Gasteiger charge is 2.39. The Bertz CT molecular complexity index is 359. The molecule has 0 aliphatic carbocycles. The van der Waals surface area contributed by atoms with Gasteiger partial charge in [0.25, 0.3) is 0 Å². The lowest BCUT2D eigenvalue weighted by Crippen LogP contribution is -2.35. The minimum absolute atomic E-state index is 0.427. The third-order valence-electron chi connectivity index (χ3n) is 2.02. The fourth-order valence-corrected chi connectivity index (χ4v) is 1.40. The maximum atomic E-state index is 10.9. The second-order valence-corrected chi connectivity index (χ2v) is 2.93. The van der Waals surface area contributed by atoms with Crippen molar-refractivity contribution in [2.24, 2.45) is 0 Å². The zero-order valence-electron chi connectivity index (χ0n) is 7.06. The number of rotatable bonds is 2. The number of urea groups is 1. The number of aliphatic carboxylic acids is 1.